The first-order valence-electron chi connectivity index (χ1n) is 8.12. The predicted molar refractivity (Wildman–Crippen MR) is 106 cm³/mol. The van der Waals surface area contributed by atoms with E-state index in [0.29, 0.717) is 40.7 Å². The number of hydrazine groups is 1. The largest absolute Gasteiger partial charge is 0.493 e. The van der Waals surface area contributed by atoms with E-state index >= 15 is 0 Å². The Morgan fingerprint density at radius 3 is 2.41 bits per heavy atom. The fraction of sp³-hybridized carbons (Fsp3) is 0.211. The predicted octanol–water partition coefficient (Wildman–Crippen LogP) is 1.93. The summed E-state index contributed by atoms with van der Waals surface area (Å²) in [6, 6.07) is 14.0. The standard InChI is InChI=1S/C19H20N4O3S/c1-25-16-8-5-13(11-17(16)26-2)9-10-21-19(27)23-22-18(24)15-6-3-14(12-20)4-7-15/h3-8,11H,9-10H2,1-2H3,(H,22,24)(H2,21,23,27). The molecule has 8 heteroatoms. The van der Waals surface area contributed by atoms with E-state index in [-0.39, 0.29) is 5.91 Å². The second kappa shape index (κ2) is 9.99. The van der Waals surface area contributed by atoms with Crippen molar-refractivity contribution in [3.05, 3.63) is 59.2 Å². The average molecular weight is 384 g/mol. The van der Waals surface area contributed by atoms with Gasteiger partial charge < -0.3 is 14.8 Å². The summed E-state index contributed by atoms with van der Waals surface area (Å²) in [5.41, 5.74) is 7.13. The van der Waals surface area contributed by atoms with Gasteiger partial charge in [0.1, 0.15) is 0 Å². The number of nitrogens with one attached hydrogen (secondary N) is 3. The lowest BCUT2D eigenvalue weighted by molar-refractivity contribution is 0.0943. The Morgan fingerprint density at radius 2 is 1.78 bits per heavy atom. The molecule has 0 saturated heterocycles. The Morgan fingerprint density at radius 1 is 1.07 bits per heavy atom. The van der Waals surface area contributed by atoms with Crippen molar-refractivity contribution in [3.63, 3.8) is 0 Å². The highest BCUT2D eigenvalue weighted by Gasteiger charge is 2.07. The quantitative estimate of drug-likeness (QED) is 0.517. The molecule has 0 spiro atoms. The van der Waals surface area contributed by atoms with Gasteiger partial charge in [-0.25, -0.2) is 0 Å². The third-order valence-corrected chi connectivity index (χ3v) is 3.96. The van der Waals surface area contributed by atoms with Crippen molar-refractivity contribution >= 4 is 23.2 Å². The number of hydrogen-bond donors (Lipinski definition) is 3. The van der Waals surface area contributed by atoms with Gasteiger partial charge in [-0.15, -0.1) is 0 Å². The fourth-order valence-corrected chi connectivity index (χ4v) is 2.44. The fourth-order valence-electron chi connectivity index (χ4n) is 2.28. The summed E-state index contributed by atoms with van der Waals surface area (Å²) >= 11 is 5.14. The third-order valence-electron chi connectivity index (χ3n) is 3.71. The molecule has 2 rings (SSSR count). The van der Waals surface area contributed by atoms with Crippen LogP contribution in [-0.2, 0) is 6.42 Å². The second-order valence-corrected chi connectivity index (χ2v) is 5.87. The molecule has 0 aliphatic carbocycles. The van der Waals surface area contributed by atoms with Gasteiger partial charge in [-0.2, -0.15) is 5.26 Å². The molecular weight excluding hydrogens is 364 g/mol. The molecule has 1 amide bonds. The molecule has 0 heterocycles. The summed E-state index contributed by atoms with van der Waals surface area (Å²) in [6.07, 6.45) is 0.714. The first-order chi connectivity index (χ1) is 13.1. The first kappa shape index (κ1) is 20.0. The number of methoxy groups -OCH3 is 2. The summed E-state index contributed by atoms with van der Waals surface area (Å²) < 4.78 is 10.5. The molecule has 140 valence electrons. The van der Waals surface area contributed by atoms with Gasteiger partial charge >= 0.3 is 0 Å². The molecule has 27 heavy (non-hydrogen) atoms. The van der Waals surface area contributed by atoms with Crippen molar-refractivity contribution in [3.8, 4) is 17.6 Å². The minimum atomic E-state index is -0.344. The highest BCUT2D eigenvalue weighted by atomic mass is 32.1. The normalized spacial score (nSPS) is 9.67. The van der Waals surface area contributed by atoms with Crippen LogP contribution < -0.4 is 25.6 Å². The van der Waals surface area contributed by atoms with E-state index in [1.165, 1.54) is 0 Å². The molecule has 0 unspecified atom stereocenters. The Hall–Kier alpha value is -3.31. The zero-order chi connectivity index (χ0) is 19.6. The van der Waals surface area contributed by atoms with Gasteiger partial charge in [0.25, 0.3) is 5.91 Å². The number of rotatable bonds is 6. The Labute approximate surface area is 163 Å². The van der Waals surface area contributed by atoms with Crippen LogP contribution in [0.5, 0.6) is 11.5 Å². The monoisotopic (exact) mass is 384 g/mol. The molecule has 3 N–H and O–H groups in total. The highest BCUT2D eigenvalue weighted by Crippen LogP contribution is 2.27. The van der Waals surface area contributed by atoms with Gasteiger partial charge in [0.15, 0.2) is 16.6 Å². The summed E-state index contributed by atoms with van der Waals surface area (Å²) in [6.45, 7) is 0.577. The SMILES string of the molecule is COc1ccc(CCNC(=S)NNC(=O)c2ccc(C#N)cc2)cc1OC. The van der Waals surface area contributed by atoms with Crippen molar-refractivity contribution in [1.82, 2.24) is 16.2 Å². The molecule has 0 fully saturated rings. The summed E-state index contributed by atoms with van der Waals surface area (Å²) in [7, 11) is 3.19. The molecule has 0 aromatic heterocycles. The third kappa shape index (κ3) is 5.87. The molecule has 2 aromatic rings. The number of hydrogen-bond acceptors (Lipinski definition) is 5. The van der Waals surface area contributed by atoms with E-state index in [4.69, 9.17) is 27.0 Å². The van der Waals surface area contributed by atoms with E-state index in [9.17, 15) is 4.79 Å². The molecule has 0 radical (unpaired) electrons. The van der Waals surface area contributed by atoms with E-state index in [1.807, 2.05) is 24.3 Å². The van der Waals surface area contributed by atoms with E-state index in [0.717, 1.165) is 5.56 Å². The van der Waals surface area contributed by atoms with Crippen LogP contribution in [0.25, 0.3) is 0 Å². The lowest BCUT2D eigenvalue weighted by Gasteiger charge is -2.12. The summed E-state index contributed by atoms with van der Waals surface area (Å²) in [5.74, 6) is 1.01. The molecule has 0 aliphatic heterocycles. The summed E-state index contributed by atoms with van der Waals surface area (Å²) in [5, 5.41) is 12.1. The number of benzene rings is 2. The van der Waals surface area contributed by atoms with Crippen LogP contribution in [0.2, 0.25) is 0 Å². The molecule has 2 aromatic carbocycles. The van der Waals surface area contributed by atoms with Gasteiger partial charge in [-0.3, -0.25) is 15.6 Å². The molecule has 7 nitrogen and oxygen atoms in total. The maximum Gasteiger partial charge on any atom is 0.269 e. The summed E-state index contributed by atoms with van der Waals surface area (Å²) in [4.78, 5) is 12.0. The Bertz CT molecular complexity index is 847. The zero-order valence-electron chi connectivity index (χ0n) is 15.0. The van der Waals surface area contributed by atoms with Crippen molar-refractivity contribution in [2.45, 2.75) is 6.42 Å². The van der Waals surface area contributed by atoms with Gasteiger partial charge in [0.2, 0.25) is 0 Å². The first-order valence-corrected chi connectivity index (χ1v) is 8.53. The molecule has 0 saturated carbocycles. The van der Waals surface area contributed by atoms with Gasteiger partial charge in [0.05, 0.1) is 25.9 Å². The molecular formula is C19H20N4O3S. The van der Waals surface area contributed by atoms with Gasteiger partial charge in [-0.1, -0.05) is 6.07 Å². The van der Waals surface area contributed by atoms with E-state index in [1.54, 1.807) is 38.5 Å². The van der Waals surface area contributed by atoms with Crippen molar-refractivity contribution < 1.29 is 14.3 Å². The average Bonchev–Trinajstić information content (AvgIpc) is 2.71. The van der Waals surface area contributed by atoms with Gasteiger partial charge in [-0.05, 0) is 60.6 Å². The number of carbonyl (C=O) groups excluding carboxylic acids is 1. The van der Waals surface area contributed by atoms with Crippen molar-refractivity contribution in [2.24, 2.45) is 0 Å². The topological polar surface area (TPSA) is 95.4 Å². The van der Waals surface area contributed by atoms with E-state index in [2.05, 4.69) is 16.2 Å². The van der Waals surface area contributed by atoms with Crippen LogP contribution in [0, 0.1) is 11.3 Å². The minimum Gasteiger partial charge on any atom is -0.493 e. The maximum atomic E-state index is 12.0. The van der Waals surface area contributed by atoms with E-state index < -0.39 is 0 Å². The molecule has 0 aliphatic rings. The van der Waals surface area contributed by atoms with Crippen LogP contribution >= 0.6 is 12.2 Å². The molecule has 0 bridgehead atoms. The minimum absolute atomic E-state index is 0.303. The van der Waals surface area contributed by atoms with Crippen molar-refractivity contribution in [1.29, 1.82) is 5.26 Å². The lowest BCUT2D eigenvalue weighted by Crippen LogP contribution is -2.47. The molecule has 0 atom stereocenters. The number of nitrogens with zero attached hydrogens (tertiary/aromatic N) is 1. The Kier molecular flexibility index (Phi) is 7.40. The number of nitriles is 1. The van der Waals surface area contributed by atoms with Crippen LogP contribution in [-0.4, -0.2) is 31.8 Å². The zero-order valence-corrected chi connectivity index (χ0v) is 15.9. The van der Waals surface area contributed by atoms with Crippen LogP contribution in [0.3, 0.4) is 0 Å². The van der Waals surface area contributed by atoms with Crippen LogP contribution in [0.4, 0.5) is 0 Å². The van der Waals surface area contributed by atoms with Crippen LogP contribution in [0.15, 0.2) is 42.5 Å². The highest BCUT2D eigenvalue weighted by molar-refractivity contribution is 7.80. The number of thiocarbonyl (C=S) groups is 1. The van der Waals surface area contributed by atoms with Crippen molar-refractivity contribution in [2.75, 3.05) is 20.8 Å². The number of ether oxygens (including phenoxy) is 2. The second-order valence-electron chi connectivity index (χ2n) is 5.46. The maximum absolute atomic E-state index is 12.0. The lowest BCUT2D eigenvalue weighted by atomic mass is 10.1. The van der Waals surface area contributed by atoms with Gasteiger partial charge in [0, 0.05) is 12.1 Å². The Balaban J connectivity index is 1.76. The number of amides is 1. The number of carbonyl (C=O) groups is 1. The smallest absolute Gasteiger partial charge is 0.269 e. The van der Waals surface area contributed by atoms with Crippen LogP contribution in [0.1, 0.15) is 21.5 Å².